The lowest BCUT2D eigenvalue weighted by molar-refractivity contribution is 0.532. The molecule has 2 nitrogen and oxygen atoms in total. The van der Waals surface area contributed by atoms with Crippen molar-refractivity contribution in [2.75, 3.05) is 12.4 Å². The number of benzene rings is 1. The molecule has 3 aromatic rings. The Bertz CT molecular complexity index is 771. The molecule has 0 atom stereocenters. The van der Waals surface area contributed by atoms with Gasteiger partial charge in [-0.2, -0.15) is 0 Å². The van der Waals surface area contributed by atoms with Gasteiger partial charge in [-0.1, -0.05) is 23.7 Å². The minimum atomic E-state index is -0.366. The van der Waals surface area contributed by atoms with Crippen molar-refractivity contribution in [3.8, 4) is 11.1 Å². The molecule has 108 valence electrons. The van der Waals surface area contributed by atoms with Crippen molar-refractivity contribution in [2.24, 2.45) is 0 Å². The summed E-state index contributed by atoms with van der Waals surface area (Å²) in [5.41, 5.74) is 2.20. The fourth-order valence-electron chi connectivity index (χ4n) is 2.23. The lowest BCUT2D eigenvalue weighted by Crippen LogP contribution is -1.88. The van der Waals surface area contributed by atoms with Gasteiger partial charge >= 0.3 is 0 Å². The van der Waals surface area contributed by atoms with E-state index >= 15 is 0 Å². The van der Waals surface area contributed by atoms with Crippen LogP contribution in [0, 0.1) is 6.92 Å². The van der Waals surface area contributed by atoms with E-state index in [1.54, 1.807) is 17.7 Å². The molecule has 0 aliphatic heterocycles. The number of hydrogen-bond acceptors (Lipinski definition) is 4. The molecular weight excluding hydrogens is 327 g/mol. The Morgan fingerprint density at radius 1 is 1.24 bits per heavy atom. The molecule has 0 spiro atoms. The van der Waals surface area contributed by atoms with Gasteiger partial charge in [0.05, 0.1) is 12.1 Å². The molecule has 0 unspecified atom stereocenters. The maximum absolute atomic E-state index is 12.5. The van der Waals surface area contributed by atoms with Crippen LogP contribution in [-0.2, 0) is 0 Å². The fourth-order valence-corrected chi connectivity index (χ4v) is 4.16. The summed E-state index contributed by atoms with van der Waals surface area (Å²) in [6.45, 7) is 1.70. The van der Waals surface area contributed by atoms with Gasteiger partial charge in [0.25, 0.3) is 0 Å². The molecular formula is C15H12ClFN2S2. The van der Waals surface area contributed by atoms with Crippen molar-refractivity contribution in [3.05, 3.63) is 40.5 Å². The van der Waals surface area contributed by atoms with E-state index in [1.807, 2.05) is 24.3 Å². The average Bonchev–Trinajstić information content (AvgIpc) is 2.82. The van der Waals surface area contributed by atoms with E-state index in [0.717, 1.165) is 26.4 Å². The Labute approximate surface area is 135 Å². The van der Waals surface area contributed by atoms with Crippen LogP contribution in [0.2, 0.25) is 5.02 Å². The molecule has 0 aliphatic rings. The molecule has 2 aromatic heterocycles. The monoisotopic (exact) mass is 338 g/mol. The SMILES string of the molecule is Cc1sc2ncnc(SCCF)c2c1-c1ccc(Cl)cc1. The van der Waals surface area contributed by atoms with E-state index in [1.165, 1.54) is 16.6 Å². The summed E-state index contributed by atoms with van der Waals surface area (Å²) >= 11 is 9.03. The number of hydrogen-bond donors (Lipinski definition) is 0. The molecule has 1 aromatic carbocycles. The first-order valence-electron chi connectivity index (χ1n) is 6.39. The topological polar surface area (TPSA) is 25.8 Å². The largest absolute Gasteiger partial charge is 0.250 e. The van der Waals surface area contributed by atoms with E-state index in [4.69, 9.17) is 11.6 Å². The minimum absolute atomic E-state index is 0.366. The van der Waals surface area contributed by atoms with E-state index in [-0.39, 0.29) is 6.67 Å². The number of thiophene rings is 1. The summed E-state index contributed by atoms with van der Waals surface area (Å²) in [5.74, 6) is 0.404. The van der Waals surface area contributed by atoms with Crippen molar-refractivity contribution >= 4 is 44.9 Å². The molecule has 3 rings (SSSR count). The number of halogens is 2. The zero-order valence-electron chi connectivity index (χ0n) is 11.3. The van der Waals surface area contributed by atoms with Gasteiger partial charge in [0, 0.05) is 21.2 Å². The molecule has 2 heterocycles. The second-order valence-electron chi connectivity index (χ2n) is 4.44. The molecule has 0 saturated heterocycles. The van der Waals surface area contributed by atoms with Gasteiger partial charge in [-0.25, -0.2) is 9.97 Å². The summed E-state index contributed by atoms with van der Waals surface area (Å²) in [6, 6.07) is 7.73. The molecule has 0 amide bonds. The number of alkyl halides is 1. The number of thioether (sulfide) groups is 1. The second-order valence-corrected chi connectivity index (χ2v) is 7.16. The van der Waals surface area contributed by atoms with Crippen LogP contribution in [-0.4, -0.2) is 22.4 Å². The van der Waals surface area contributed by atoms with Crippen molar-refractivity contribution < 1.29 is 4.39 Å². The lowest BCUT2D eigenvalue weighted by atomic mass is 10.0. The Hall–Kier alpha value is -1.17. The highest BCUT2D eigenvalue weighted by molar-refractivity contribution is 7.99. The van der Waals surface area contributed by atoms with Crippen molar-refractivity contribution in [1.29, 1.82) is 0 Å². The van der Waals surface area contributed by atoms with Gasteiger partial charge in [0.2, 0.25) is 0 Å². The second kappa shape index (κ2) is 6.30. The molecule has 0 aliphatic carbocycles. The van der Waals surface area contributed by atoms with Crippen LogP contribution in [0.4, 0.5) is 4.39 Å². The maximum atomic E-state index is 12.5. The molecule has 0 fully saturated rings. The highest BCUT2D eigenvalue weighted by atomic mass is 35.5. The van der Waals surface area contributed by atoms with Gasteiger partial charge in [-0.3, -0.25) is 4.39 Å². The predicted molar refractivity (Wildman–Crippen MR) is 89.3 cm³/mol. The number of aromatic nitrogens is 2. The van der Waals surface area contributed by atoms with E-state index < -0.39 is 0 Å². The quantitative estimate of drug-likeness (QED) is 0.471. The Morgan fingerprint density at radius 3 is 2.71 bits per heavy atom. The molecule has 21 heavy (non-hydrogen) atoms. The van der Waals surface area contributed by atoms with Gasteiger partial charge in [0.15, 0.2) is 0 Å². The molecule has 0 N–H and O–H groups in total. The summed E-state index contributed by atoms with van der Waals surface area (Å²) in [6.07, 6.45) is 1.55. The number of fused-ring (bicyclic) bond motifs is 1. The van der Waals surface area contributed by atoms with E-state index in [9.17, 15) is 4.39 Å². The normalized spacial score (nSPS) is 11.2. The number of nitrogens with zero attached hydrogens (tertiary/aromatic N) is 2. The summed E-state index contributed by atoms with van der Waals surface area (Å²) in [4.78, 5) is 10.8. The van der Waals surface area contributed by atoms with Gasteiger partial charge < -0.3 is 0 Å². The zero-order chi connectivity index (χ0) is 14.8. The predicted octanol–water partition coefficient (Wildman–Crippen LogP) is 5.38. The van der Waals surface area contributed by atoms with Crippen molar-refractivity contribution in [3.63, 3.8) is 0 Å². The first-order chi connectivity index (χ1) is 10.2. The molecule has 0 bridgehead atoms. The van der Waals surface area contributed by atoms with Crippen molar-refractivity contribution in [2.45, 2.75) is 11.9 Å². The standard InChI is InChI=1S/C15H12ClFN2S2/c1-9-12(10-2-4-11(16)5-3-10)13-14(20-7-6-17)18-8-19-15(13)21-9/h2-5,8H,6-7H2,1H3. The van der Waals surface area contributed by atoms with Crippen LogP contribution < -0.4 is 0 Å². The summed E-state index contributed by atoms with van der Waals surface area (Å²) in [5, 5.41) is 2.56. The highest BCUT2D eigenvalue weighted by Crippen LogP contribution is 2.41. The Morgan fingerprint density at radius 2 is 2.00 bits per heavy atom. The van der Waals surface area contributed by atoms with Gasteiger partial charge in [-0.05, 0) is 24.6 Å². The molecule has 6 heteroatoms. The first kappa shape index (κ1) is 14.8. The smallest absolute Gasteiger partial charge is 0.128 e. The van der Waals surface area contributed by atoms with Crippen molar-refractivity contribution in [1.82, 2.24) is 9.97 Å². The van der Waals surface area contributed by atoms with Gasteiger partial charge in [0.1, 0.15) is 16.2 Å². The third kappa shape index (κ3) is 2.91. The van der Waals surface area contributed by atoms with Crippen LogP contribution >= 0.6 is 34.7 Å². The fraction of sp³-hybridized carbons (Fsp3) is 0.200. The maximum Gasteiger partial charge on any atom is 0.128 e. The lowest BCUT2D eigenvalue weighted by Gasteiger charge is -2.05. The third-order valence-corrected chi connectivity index (χ3v) is 5.28. The number of rotatable bonds is 4. The van der Waals surface area contributed by atoms with Crippen LogP contribution in [0.5, 0.6) is 0 Å². The summed E-state index contributed by atoms with van der Waals surface area (Å²) < 4.78 is 12.5. The third-order valence-electron chi connectivity index (χ3n) is 3.08. The highest BCUT2D eigenvalue weighted by Gasteiger charge is 2.16. The van der Waals surface area contributed by atoms with Crippen LogP contribution in [0.3, 0.4) is 0 Å². The number of aryl methyl sites for hydroxylation is 1. The van der Waals surface area contributed by atoms with Crippen LogP contribution in [0.1, 0.15) is 4.88 Å². The minimum Gasteiger partial charge on any atom is -0.250 e. The van der Waals surface area contributed by atoms with Crippen LogP contribution in [0.25, 0.3) is 21.3 Å². The van der Waals surface area contributed by atoms with Gasteiger partial charge in [-0.15, -0.1) is 23.1 Å². The Balaban J connectivity index is 2.21. The summed E-state index contributed by atoms with van der Waals surface area (Å²) in [7, 11) is 0. The average molecular weight is 339 g/mol. The van der Waals surface area contributed by atoms with E-state index in [0.29, 0.717) is 10.8 Å². The van der Waals surface area contributed by atoms with E-state index in [2.05, 4.69) is 16.9 Å². The zero-order valence-corrected chi connectivity index (χ0v) is 13.7. The molecule has 0 saturated carbocycles. The molecule has 0 radical (unpaired) electrons. The first-order valence-corrected chi connectivity index (χ1v) is 8.57. The van der Waals surface area contributed by atoms with Crippen LogP contribution in [0.15, 0.2) is 35.6 Å². The Kier molecular flexibility index (Phi) is 4.42.